The minimum Gasteiger partial charge on any atom is -0.360 e. The fraction of sp³-hybridized carbons (Fsp3) is 0.312. The zero-order chi connectivity index (χ0) is 19.1. The molecule has 10 nitrogen and oxygen atoms in total. The van der Waals surface area contributed by atoms with Crippen LogP contribution in [0.25, 0.3) is 16.0 Å². The van der Waals surface area contributed by atoms with Gasteiger partial charge in [-0.2, -0.15) is 0 Å². The van der Waals surface area contributed by atoms with E-state index in [4.69, 9.17) is 4.52 Å². The molecule has 0 atom stereocenters. The van der Waals surface area contributed by atoms with Gasteiger partial charge in [-0.25, -0.2) is 0 Å². The van der Waals surface area contributed by atoms with Crippen molar-refractivity contribution in [2.24, 2.45) is 7.05 Å². The third-order valence-electron chi connectivity index (χ3n) is 4.12. The van der Waals surface area contributed by atoms with Gasteiger partial charge in [0.25, 0.3) is 5.56 Å². The highest BCUT2D eigenvalue weighted by molar-refractivity contribution is 7.17. The van der Waals surface area contributed by atoms with E-state index in [1.807, 2.05) is 27.8 Å². The number of carbonyl (C=O) groups excluding carboxylic acids is 1. The van der Waals surface area contributed by atoms with Gasteiger partial charge in [-0.1, -0.05) is 5.16 Å². The van der Waals surface area contributed by atoms with Crippen molar-refractivity contribution in [1.82, 2.24) is 29.2 Å². The van der Waals surface area contributed by atoms with Crippen LogP contribution in [0, 0.1) is 6.92 Å². The van der Waals surface area contributed by atoms with E-state index in [1.54, 1.807) is 20.0 Å². The smallest absolute Gasteiger partial charge is 0.272 e. The Morgan fingerprint density at radius 3 is 2.96 bits per heavy atom. The first kappa shape index (κ1) is 17.4. The molecule has 140 valence electrons. The van der Waals surface area contributed by atoms with Gasteiger partial charge in [-0.3, -0.25) is 23.5 Å². The summed E-state index contributed by atoms with van der Waals surface area (Å²) in [4.78, 5) is 26.4. The summed E-state index contributed by atoms with van der Waals surface area (Å²) in [6.45, 7) is 2.28. The molecule has 4 aromatic heterocycles. The lowest BCUT2D eigenvalue weighted by Crippen LogP contribution is -2.30. The van der Waals surface area contributed by atoms with Crippen molar-refractivity contribution in [3.8, 4) is 0 Å². The minimum atomic E-state index is -0.215. The third-order valence-corrected chi connectivity index (χ3v) is 5.01. The van der Waals surface area contributed by atoms with Crippen LogP contribution >= 0.6 is 11.3 Å². The predicted molar refractivity (Wildman–Crippen MR) is 99.8 cm³/mol. The maximum Gasteiger partial charge on any atom is 0.272 e. The molecule has 0 aromatic carbocycles. The molecule has 0 aliphatic heterocycles. The fourth-order valence-electron chi connectivity index (χ4n) is 2.91. The van der Waals surface area contributed by atoms with Crippen LogP contribution in [0.3, 0.4) is 0 Å². The normalized spacial score (nSPS) is 11.7. The molecule has 4 rings (SSSR count). The predicted octanol–water partition coefficient (Wildman–Crippen LogP) is 1.01. The van der Waals surface area contributed by atoms with Crippen molar-refractivity contribution in [1.29, 1.82) is 0 Å². The topological polar surface area (TPSA) is 111 Å². The van der Waals surface area contributed by atoms with Gasteiger partial charge in [0.15, 0.2) is 11.6 Å². The van der Waals surface area contributed by atoms with Gasteiger partial charge in [0.1, 0.15) is 10.5 Å². The fourth-order valence-corrected chi connectivity index (χ4v) is 3.76. The summed E-state index contributed by atoms with van der Waals surface area (Å²) < 4.78 is 8.91. The van der Waals surface area contributed by atoms with Crippen molar-refractivity contribution < 1.29 is 9.32 Å². The Hall–Kier alpha value is -3.05. The number of rotatable bonds is 5. The van der Waals surface area contributed by atoms with Crippen molar-refractivity contribution in [2.45, 2.75) is 13.5 Å². The Morgan fingerprint density at radius 1 is 1.41 bits per heavy atom. The summed E-state index contributed by atoms with van der Waals surface area (Å²) in [7, 11) is 3.48. The Bertz CT molecular complexity index is 1200. The molecular formula is C16H17N7O3S. The average Bonchev–Trinajstić information content (AvgIpc) is 3.32. The number of anilines is 1. The Balaban J connectivity index is 1.56. The molecular weight excluding hydrogens is 370 g/mol. The van der Waals surface area contributed by atoms with Gasteiger partial charge in [0.2, 0.25) is 11.7 Å². The van der Waals surface area contributed by atoms with E-state index in [9.17, 15) is 9.59 Å². The molecule has 1 amide bonds. The van der Waals surface area contributed by atoms with Gasteiger partial charge in [0.05, 0.1) is 18.6 Å². The maximum atomic E-state index is 12.4. The van der Waals surface area contributed by atoms with E-state index in [2.05, 4.69) is 20.7 Å². The van der Waals surface area contributed by atoms with E-state index < -0.39 is 0 Å². The number of fused-ring (bicyclic) bond motifs is 3. The van der Waals surface area contributed by atoms with Crippen LogP contribution in [-0.4, -0.2) is 48.7 Å². The highest BCUT2D eigenvalue weighted by Crippen LogP contribution is 2.19. The second-order valence-corrected chi connectivity index (χ2v) is 7.21. The summed E-state index contributed by atoms with van der Waals surface area (Å²) in [6, 6.07) is 3.53. The van der Waals surface area contributed by atoms with Crippen LogP contribution in [0.2, 0.25) is 0 Å². The standard InChI is InChI=1S/C16H17N7O3S/c1-9-6-11(20-26-9)17-13(24)8-21(2)7-12-18-19-16-22(3)15(25)14-10(23(12)16)4-5-27-14/h4-6H,7-8H2,1-3H3,(H,17,20,24). The van der Waals surface area contributed by atoms with Crippen LogP contribution in [0.4, 0.5) is 5.82 Å². The van der Waals surface area contributed by atoms with Crippen molar-refractivity contribution in [2.75, 3.05) is 18.9 Å². The van der Waals surface area contributed by atoms with Crippen LogP contribution in [-0.2, 0) is 18.4 Å². The largest absolute Gasteiger partial charge is 0.360 e. The summed E-state index contributed by atoms with van der Waals surface area (Å²) in [6.07, 6.45) is 0. The molecule has 0 aliphatic rings. The number of hydrogen-bond acceptors (Lipinski definition) is 8. The molecule has 1 N–H and O–H groups in total. The SMILES string of the molecule is Cc1cc(NC(=O)CN(C)Cc2nnc3n(C)c(=O)c4sccc4n23)no1. The van der Waals surface area contributed by atoms with E-state index in [0.29, 0.717) is 34.4 Å². The Kier molecular flexibility index (Phi) is 4.24. The molecule has 0 spiro atoms. The summed E-state index contributed by atoms with van der Waals surface area (Å²) in [5.74, 6) is 1.91. The number of thiophene rings is 1. The highest BCUT2D eigenvalue weighted by Gasteiger charge is 2.17. The van der Waals surface area contributed by atoms with Crippen LogP contribution in [0.5, 0.6) is 0 Å². The maximum absolute atomic E-state index is 12.4. The molecule has 4 heterocycles. The molecule has 0 fully saturated rings. The van der Waals surface area contributed by atoms with Crippen LogP contribution in [0.1, 0.15) is 11.6 Å². The number of nitrogens with zero attached hydrogens (tertiary/aromatic N) is 6. The molecule has 0 unspecified atom stereocenters. The lowest BCUT2D eigenvalue weighted by molar-refractivity contribution is -0.117. The van der Waals surface area contributed by atoms with Crippen molar-refractivity contribution >= 4 is 39.1 Å². The van der Waals surface area contributed by atoms with E-state index in [0.717, 1.165) is 5.52 Å². The lowest BCUT2D eigenvalue weighted by atomic mass is 10.4. The van der Waals surface area contributed by atoms with E-state index in [-0.39, 0.29) is 18.0 Å². The molecule has 4 aromatic rings. The van der Waals surface area contributed by atoms with Crippen LogP contribution < -0.4 is 10.9 Å². The lowest BCUT2D eigenvalue weighted by Gasteiger charge is -2.15. The second kappa shape index (κ2) is 6.59. The summed E-state index contributed by atoms with van der Waals surface area (Å²) >= 11 is 1.38. The molecule has 0 aliphatic carbocycles. The zero-order valence-corrected chi connectivity index (χ0v) is 15.8. The third kappa shape index (κ3) is 3.11. The van der Waals surface area contributed by atoms with Gasteiger partial charge in [-0.05, 0) is 25.4 Å². The number of likely N-dealkylation sites (N-methyl/N-ethyl adjacent to an activating group) is 1. The van der Waals surface area contributed by atoms with Crippen LogP contribution in [0.15, 0.2) is 26.8 Å². The van der Waals surface area contributed by atoms with Crippen molar-refractivity contribution in [3.63, 3.8) is 0 Å². The quantitative estimate of drug-likeness (QED) is 0.544. The number of aromatic nitrogens is 5. The van der Waals surface area contributed by atoms with Gasteiger partial charge >= 0.3 is 0 Å². The Morgan fingerprint density at radius 2 is 2.22 bits per heavy atom. The molecule has 27 heavy (non-hydrogen) atoms. The molecule has 0 bridgehead atoms. The first-order valence-corrected chi connectivity index (χ1v) is 9.04. The number of nitrogens with one attached hydrogen (secondary N) is 1. The van der Waals surface area contributed by atoms with Crippen molar-refractivity contribution in [3.05, 3.63) is 39.5 Å². The summed E-state index contributed by atoms with van der Waals surface area (Å²) in [5.41, 5.74) is 0.677. The number of amides is 1. The first-order valence-electron chi connectivity index (χ1n) is 8.16. The summed E-state index contributed by atoms with van der Waals surface area (Å²) in [5, 5.41) is 16.7. The number of carbonyl (C=O) groups is 1. The second-order valence-electron chi connectivity index (χ2n) is 6.29. The van der Waals surface area contributed by atoms with E-state index >= 15 is 0 Å². The number of hydrogen-bond donors (Lipinski definition) is 1. The van der Waals surface area contributed by atoms with Gasteiger partial charge in [0, 0.05) is 13.1 Å². The Labute approximate surface area is 157 Å². The first-order chi connectivity index (χ1) is 12.9. The number of aryl methyl sites for hydroxylation is 2. The molecule has 0 saturated heterocycles. The van der Waals surface area contributed by atoms with E-state index in [1.165, 1.54) is 15.9 Å². The average molecular weight is 387 g/mol. The highest BCUT2D eigenvalue weighted by atomic mass is 32.1. The molecule has 11 heteroatoms. The molecule has 0 radical (unpaired) electrons. The zero-order valence-electron chi connectivity index (χ0n) is 15.0. The monoisotopic (exact) mass is 387 g/mol. The molecule has 0 saturated carbocycles. The minimum absolute atomic E-state index is 0.0953. The van der Waals surface area contributed by atoms with Gasteiger partial charge in [-0.15, -0.1) is 21.5 Å². The van der Waals surface area contributed by atoms with Gasteiger partial charge < -0.3 is 9.84 Å².